The fourth-order valence-electron chi connectivity index (χ4n) is 3.07. The molecule has 2 unspecified atom stereocenters. The van der Waals surface area contributed by atoms with Crippen LogP contribution in [0.25, 0.3) is 0 Å². The largest absolute Gasteiger partial charge is 0.311 e. The predicted octanol–water partition coefficient (Wildman–Crippen LogP) is 2.95. The van der Waals surface area contributed by atoms with Crippen molar-refractivity contribution in [3.05, 3.63) is 0 Å². The summed E-state index contributed by atoms with van der Waals surface area (Å²) >= 11 is 0. The normalized spacial score (nSPS) is 45.7. The Hall–Kier alpha value is -0.0400. The van der Waals surface area contributed by atoms with Gasteiger partial charge >= 0.3 is 0 Å². The summed E-state index contributed by atoms with van der Waals surface area (Å²) < 4.78 is 0. The summed E-state index contributed by atoms with van der Waals surface area (Å²) in [5.74, 6) is 1.99. The van der Waals surface area contributed by atoms with Gasteiger partial charge in [-0.05, 0) is 43.9 Å². The topological polar surface area (TPSA) is 12.0 Å². The van der Waals surface area contributed by atoms with Crippen LogP contribution in [0.2, 0.25) is 0 Å². The van der Waals surface area contributed by atoms with Crippen LogP contribution >= 0.6 is 0 Å². The van der Waals surface area contributed by atoms with E-state index in [2.05, 4.69) is 19.2 Å². The first-order valence-corrected chi connectivity index (χ1v) is 6.05. The van der Waals surface area contributed by atoms with Crippen LogP contribution in [0.5, 0.6) is 0 Å². The van der Waals surface area contributed by atoms with Crippen molar-refractivity contribution in [2.45, 2.75) is 64.5 Å². The highest BCUT2D eigenvalue weighted by molar-refractivity contribution is 4.91. The first-order valence-electron chi connectivity index (χ1n) is 6.05. The van der Waals surface area contributed by atoms with Crippen molar-refractivity contribution in [3.63, 3.8) is 0 Å². The zero-order chi connectivity index (χ0) is 9.26. The Labute approximate surface area is 82.3 Å². The molecule has 1 saturated carbocycles. The van der Waals surface area contributed by atoms with Crippen LogP contribution in [0, 0.1) is 11.8 Å². The smallest absolute Gasteiger partial charge is 0.00985 e. The van der Waals surface area contributed by atoms with E-state index in [4.69, 9.17) is 0 Å². The quantitative estimate of drug-likeness (QED) is 0.656. The summed E-state index contributed by atoms with van der Waals surface area (Å²) in [4.78, 5) is 0. The Balaban J connectivity index is 1.92. The predicted molar refractivity (Wildman–Crippen MR) is 56.7 cm³/mol. The maximum Gasteiger partial charge on any atom is 0.00985 e. The lowest BCUT2D eigenvalue weighted by Gasteiger charge is -2.15. The molecule has 0 aromatic carbocycles. The van der Waals surface area contributed by atoms with Crippen molar-refractivity contribution in [2.24, 2.45) is 11.8 Å². The third-order valence-electron chi connectivity index (χ3n) is 4.10. The van der Waals surface area contributed by atoms with Crippen molar-refractivity contribution in [1.29, 1.82) is 0 Å². The highest BCUT2D eigenvalue weighted by Gasteiger charge is 2.34. The molecule has 0 bridgehead atoms. The van der Waals surface area contributed by atoms with Gasteiger partial charge in [0.25, 0.3) is 0 Å². The number of fused-ring (bicyclic) bond motifs is 1. The zero-order valence-corrected chi connectivity index (χ0v) is 9.05. The van der Waals surface area contributed by atoms with E-state index in [1.165, 1.54) is 38.5 Å². The molecule has 0 aromatic heterocycles. The van der Waals surface area contributed by atoms with Crippen molar-refractivity contribution in [1.82, 2.24) is 5.32 Å². The molecule has 2 rings (SSSR count). The van der Waals surface area contributed by atoms with Gasteiger partial charge in [-0.2, -0.15) is 0 Å². The zero-order valence-electron chi connectivity index (χ0n) is 9.05. The summed E-state index contributed by atoms with van der Waals surface area (Å²) in [5.41, 5.74) is 0. The molecule has 0 spiro atoms. The second-order valence-electron chi connectivity index (χ2n) is 5.13. The molecule has 1 aliphatic heterocycles. The highest BCUT2D eigenvalue weighted by Crippen LogP contribution is 2.34. The van der Waals surface area contributed by atoms with E-state index in [-0.39, 0.29) is 0 Å². The number of rotatable bonds is 1. The molecule has 4 atom stereocenters. The minimum absolute atomic E-state index is 0.836. The van der Waals surface area contributed by atoms with Gasteiger partial charge in [0.1, 0.15) is 0 Å². The van der Waals surface area contributed by atoms with E-state index in [9.17, 15) is 0 Å². The molecule has 1 nitrogen and oxygen atoms in total. The summed E-state index contributed by atoms with van der Waals surface area (Å²) in [6.45, 7) is 4.73. The van der Waals surface area contributed by atoms with Crippen molar-refractivity contribution in [2.75, 3.05) is 0 Å². The van der Waals surface area contributed by atoms with Crippen LogP contribution in [0.3, 0.4) is 0 Å². The average molecular weight is 181 g/mol. The van der Waals surface area contributed by atoms with Crippen LogP contribution in [-0.4, -0.2) is 12.1 Å². The van der Waals surface area contributed by atoms with Gasteiger partial charge in [-0.15, -0.1) is 0 Å². The van der Waals surface area contributed by atoms with Gasteiger partial charge in [-0.3, -0.25) is 0 Å². The minimum Gasteiger partial charge on any atom is -0.311 e. The summed E-state index contributed by atoms with van der Waals surface area (Å²) in [6, 6.07) is 1.71. The van der Waals surface area contributed by atoms with E-state index in [0.29, 0.717) is 0 Å². The third-order valence-corrected chi connectivity index (χ3v) is 4.10. The molecule has 0 aromatic rings. The van der Waals surface area contributed by atoms with E-state index in [1.54, 1.807) is 0 Å². The van der Waals surface area contributed by atoms with Crippen molar-refractivity contribution < 1.29 is 0 Å². The Kier molecular flexibility index (Phi) is 2.92. The van der Waals surface area contributed by atoms with Crippen LogP contribution in [0.1, 0.15) is 52.4 Å². The highest BCUT2D eigenvalue weighted by atomic mass is 15.0. The van der Waals surface area contributed by atoms with Crippen LogP contribution in [0.15, 0.2) is 0 Å². The molecule has 1 N–H and O–H groups in total. The second-order valence-corrected chi connectivity index (χ2v) is 5.13. The Bertz CT molecular complexity index is 151. The third kappa shape index (κ3) is 2.07. The van der Waals surface area contributed by atoms with Crippen LogP contribution < -0.4 is 5.32 Å². The second kappa shape index (κ2) is 4.00. The lowest BCUT2D eigenvalue weighted by Crippen LogP contribution is -2.30. The Morgan fingerprint density at radius 2 is 1.92 bits per heavy atom. The maximum atomic E-state index is 3.80. The van der Waals surface area contributed by atoms with Crippen molar-refractivity contribution in [3.8, 4) is 0 Å². The fraction of sp³-hybridized carbons (Fsp3) is 1.00. The maximum absolute atomic E-state index is 3.80. The van der Waals surface area contributed by atoms with Crippen molar-refractivity contribution >= 4 is 0 Å². The standard InChI is InChI=1S/C12H23N/c1-3-11-8-10-6-4-9(2)5-7-12(10)13-11/h9-13H,3-8H2,1-2H3/t9?,10-,11?,12+/m0/s1. The van der Waals surface area contributed by atoms with Crippen LogP contribution in [0.4, 0.5) is 0 Å². The molecular weight excluding hydrogens is 158 g/mol. The van der Waals surface area contributed by atoms with Gasteiger partial charge in [-0.1, -0.05) is 20.3 Å². The van der Waals surface area contributed by atoms with E-state index >= 15 is 0 Å². The Morgan fingerprint density at radius 1 is 1.15 bits per heavy atom. The minimum atomic E-state index is 0.836. The first kappa shape index (κ1) is 9.51. The molecule has 1 aliphatic carbocycles. The molecule has 1 saturated heterocycles. The van der Waals surface area contributed by atoms with Gasteiger partial charge in [0.15, 0.2) is 0 Å². The monoisotopic (exact) mass is 181 g/mol. The van der Waals surface area contributed by atoms with Gasteiger partial charge in [0.05, 0.1) is 0 Å². The lowest BCUT2D eigenvalue weighted by atomic mass is 9.94. The number of hydrogen-bond acceptors (Lipinski definition) is 1. The summed E-state index contributed by atoms with van der Waals surface area (Å²) in [5, 5.41) is 3.80. The molecular formula is C12H23N. The van der Waals surface area contributed by atoms with Gasteiger partial charge < -0.3 is 5.32 Å². The Morgan fingerprint density at radius 3 is 2.69 bits per heavy atom. The molecule has 0 amide bonds. The molecule has 2 fully saturated rings. The molecule has 13 heavy (non-hydrogen) atoms. The van der Waals surface area contributed by atoms with E-state index < -0.39 is 0 Å². The summed E-state index contributed by atoms with van der Waals surface area (Å²) in [6.07, 6.45) is 8.61. The fourth-order valence-corrected chi connectivity index (χ4v) is 3.07. The molecule has 1 heteroatoms. The molecule has 76 valence electrons. The first-order chi connectivity index (χ1) is 6.29. The molecule has 1 heterocycles. The van der Waals surface area contributed by atoms with E-state index in [0.717, 1.165) is 23.9 Å². The van der Waals surface area contributed by atoms with Crippen LogP contribution in [-0.2, 0) is 0 Å². The van der Waals surface area contributed by atoms with Gasteiger partial charge in [0, 0.05) is 12.1 Å². The molecule has 2 aliphatic rings. The summed E-state index contributed by atoms with van der Waals surface area (Å²) in [7, 11) is 0. The number of nitrogens with one attached hydrogen (secondary N) is 1. The lowest BCUT2D eigenvalue weighted by molar-refractivity contribution is 0.424. The SMILES string of the molecule is CCC1C[C@@H]2CCC(C)CC[C@H]2N1. The van der Waals surface area contributed by atoms with Gasteiger partial charge in [-0.25, -0.2) is 0 Å². The number of hydrogen-bond donors (Lipinski definition) is 1. The average Bonchev–Trinajstić information content (AvgIpc) is 2.47. The van der Waals surface area contributed by atoms with E-state index in [1.807, 2.05) is 0 Å². The van der Waals surface area contributed by atoms with Gasteiger partial charge in [0.2, 0.25) is 0 Å². The molecule has 0 radical (unpaired) electrons.